The molecule has 2 atom stereocenters. The predicted molar refractivity (Wildman–Crippen MR) is 373 cm³/mol. The first-order chi connectivity index (χ1) is 41.5. The number of thiophene rings is 2. The maximum absolute atomic E-state index is 6.18. The minimum absolute atomic E-state index is 0.0275. The number of hydrogen-bond acceptors (Lipinski definition) is 4. The van der Waals surface area contributed by atoms with Crippen LogP contribution in [0.5, 0.6) is 11.5 Å². The van der Waals surface area contributed by atoms with Gasteiger partial charge in [-0.3, -0.25) is 0 Å². The van der Waals surface area contributed by atoms with Crippen molar-refractivity contribution < 1.29 is 9.47 Å². The highest BCUT2D eigenvalue weighted by Crippen LogP contribution is 2.56. The van der Waals surface area contributed by atoms with Crippen LogP contribution in [0.1, 0.15) is 195 Å². The van der Waals surface area contributed by atoms with Crippen LogP contribution in [0.15, 0.2) is 181 Å². The summed E-state index contributed by atoms with van der Waals surface area (Å²) in [4.78, 5) is 5.30. The fraction of sp³-hybridized carbons (Fsp3) is 0.407. The third-order valence-electron chi connectivity index (χ3n) is 18.0. The standard InChI is InChI=1S/C81H98O2S2/c1-9-11-13-15-17-19-53-81(54-20-18-16-14-12-10-2)75-57-69(79-49-47-77(84-79)67-31-27-63(28-32-67)65-35-41-71(42-36-65)82-55-51-61(7)25-21-23-59(3)4)39-45-73(75)74-46-40-70(58-76(74)81)80-50-48-78(85-80)68-33-29-64(30-34-68)66-37-43-72(44-38-66)83-56-52-62(8)26-22-24-60(5)6/h23-24,27-50,57-58,61-62H,9-22,25-26,51-56H2,1-8H3/t61-,62-/m0/s1. The minimum atomic E-state index is -0.0275. The third kappa shape index (κ3) is 17.5. The molecule has 0 amide bonds. The SMILES string of the molecule is CCCCCCCCC1(CCCCCCCC)c2cc(-c3ccc(-c4ccc(-c5ccc(OCC[C@@H](C)CCC=C(C)C)cc5)cc4)s3)ccc2-c2ccc(-c3ccc(-c4ccc(-c5ccc(OCC[C@@H](C)CCC=C(C)C)cc5)cc4)s3)cc21. The van der Waals surface area contributed by atoms with Gasteiger partial charge in [0.2, 0.25) is 0 Å². The van der Waals surface area contributed by atoms with Gasteiger partial charge in [-0.05, 0) is 218 Å². The van der Waals surface area contributed by atoms with Crippen LogP contribution in [-0.2, 0) is 5.41 Å². The van der Waals surface area contributed by atoms with Crippen molar-refractivity contribution in [3.8, 4) is 86.6 Å². The van der Waals surface area contributed by atoms with E-state index >= 15 is 0 Å². The fourth-order valence-electron chi connectivity index (χ4n) is 12.7. The molecule has 0 saturated heterocycles. The zero-order valence-electron chi connectivity index (χ0n) is 53.0. The second-order valence-corrected chi connectivity index (χ2v) is 27.5. The maximum Gasteiger partial charge on any atom is 0.119 e. The monoisotopic (exact) mass is 1170 g/mol. The lowest BCUT2D eigenvalue weighted by Crippen LogP contribution is -2.25. The topological polar surface area (TPSA) is 18.5 Å². The van der Waals surface area contributed by atoms with Crippen molar-refractivity contribution in [3.63, 3.8) is 0 Å². The Morgan fingerprint density at radius 2 is 0.694 bits per heavy atom. The van der Waals surface area contributed by atoms with Gasteiger partial charge in [-0.1, -0.05) is 225 Å². The van der Waals surface area contributed by atoms with E-state index in [1.54, 1.807) is 11.1 Å². The molecule has 8 aromatic rings. The van der Waals surface area contributed by atoms with Gasteiger partial charge in [0.05, 0.1) is 13.2 Å². The average molecular weight is 1170 g/mol. The van der Waals surface area contributed by atoms with E-state index in [1.165, 1.54) is 189 Å². The van der Waals surface area contributed by atoms with Crippen LogP contribution in [-0.4, -0.2) is 13.2 Å². The van der Waals surface area contributed by atoms with Crippen LogP contribution in [0, 0.1) is 11.8 Å². The molecule has 0 radical (unpaired) electrons. The molecule has 0 N–H and O–H groups in total. The first-order valence-electron chi connectivity index (χ1n) is 32.9. The van der Waals surface area contributed by atoms with Crippen LogP contribution in [0.3, 0.4) is 0 Å². The van der Waals surface area contributed by atoms with Gasteiger partial charge >= 0.3 is 0 Å². The van der Waals surface area contributed by atoms with E-state index in [1.807, 2.05) is 22.7 Å². The molecule has 0 bridgehead atoms. The highest BCUT2D eigenvalue weighted by Gasteiger charge is 2.43. The van der Waals surface area contributed by atoms with Gasteiger partial charge in [-0.15, -0.1) is 22.7 Å². The second-order valence-electron chi connectivity index (χ2n) is 25.4. The fourth-order valence-corrected chi connectivity index (χ4v) is 14.7. The molecule has 2 heterocycles. The van der Waals surface area contributed by atoms with E-state index in [2.05, 4.69) is 225 Å². The van der Waals surface area contributed by atoms with Crippen molar-refractivity contribution in [1.82, 2.24) is 0 Å². The number of unbranched alkanes of at least 4 members (excludes halogenated alkanes) is 10. The van der Waals surface area contributed by atoms with Crippen LogP contribution >= 0.6 is 22.7 Å². The molecule has 0 saturated carbocycles. The molecule has 446 valence electrons. The van der Waals surface area contributed by atoms with Gasteiger partial charge in [0.15, 0.2) is 0 Å². The number of allylic oxidation sites excluding steroid dienone is 4. The normalized spacial score (nSPS) is 13.0. The minimum Gasteiger partial charge on any atom is -0.494 e. The number of ether oxygens (including phenoxy) is 2. The molecule has 2 nitrogen and oxygen atoms in total. The molecular weight excluding hydrogens is 1070 g/mol. The lowest BCUT2D eigenvalue weighted by Gasteiger charge is -2.33. The van der Waals surface area contributed by atoms with E-state index in [0.717, 1.165) is 50.4 Å². The highest BCUT2D eigenvalue weighted by atomic mass is 32.1. The van der Waals surface area contributed by atoms with E-state index in [4.69, 9.17) is 9.47 Å². The Labute approximate surface area is 521 Å². The summed E-state index contributed by atoms with van der Waals surface area (Å²) in [6, 6.07) is 60.1. The van der Waals surface area contributed by atoms with Gasteiger partial charge in [0, 0.05) is 24.9 Å². The molecule has 4 heteroatoms. The molecule has 0 spiro atoms. The summed E-state index contributed by atoms with van der Waals surface area (Å²) in [5.74, 6) is 3.20. The zero-order chi connectivity index (χ0) is 59.4. The molecule has 0 fully saturated rings. The van der Waals surface area contributed by atoms with E-state index < -0.39 is 0 Å². The van der Waals surface area contributed by atoms with Crippen molar-refractivity contribution in [2.75, 3.05) is 13.2 Å². The van der Waals surface area contributed by atoms with Gasteiger partial charge in [-0.2, -0.15) is 0 Å². The summed E-state index contributed by atoms with van der Waals surface area (Å²) in [5, 5.41) is 0. The predicted octanol–water partition coefficient (Wildman–Crippen LogP) is 25.9. The molecule has 2 aromatic heterocycles. The zero-order valence-corrected chi connectivity index (χ0v) is 54.6. The van der Waals surface area contributed by atoms with Crippen molar-refractivity contribution in [2.24, 2.45) is 11.8 Å². The summed E-state index contributed by atoms with van der Waals surface area (Å²) in [5.41, 5.74) is 18.9. The first kappa shape index (κ1) is 63.3. The number of hydrogen-bond donors (Lipinski definition) is 0. The Morgan fingerprint density at radius 1 is 0.376 bits per heavy atom. The Hall–Kier alpha value is -6.20. The molecule has 1 aliphatic carbocycles. The van der Waals surface area contributed by atoms with Crippen molar-refractivity contribution in [2.45, 2.75) is 189 Å². The maximum atomic E-state index is 6.18. The third-order valence-corrected chi connectivity index (χ3v) is 20.3. The van der Waals surface area contributed by atoms with Crippen LogP contribution in [0.25, 0.3) is 75.1 Å². The number of benzene rings is 6. The van der Waals surface area contributed by atoms with Gasteiger partial charge in [0.25, 0.3) is 0 Å². The first-order valence-corrected chi connectivity index (χ1v) is 34.6. The van der Waals surface area contributed by atoms with E-state index in [9.17, 15) is 0 Å². The number of rotatable bonds is 34. The van der Waals surface area contributed by atoms with Crippen LogP contribution in [0.2, 0.25) is 0 Å². The van der Waals surface area contributed by atoms with Crippen molar-refractivity contribution in [1.29, 1.82) is 0 Å². The summed E-state index contributed by atoms with van der Waals surface area (Å²) in [7, 11) is 0. The molecule has 6 aromatic carbocycles. The largest absolute Gasteiger partial charge is 0.494 e. The lowest BCUT2D eigenvalue weighted by atomic mass is 9.70. The van der Waals surface area contributed by atoms with E-state index in [0.29, 0.717) is 11.8 Å². The summed E-state index contributed by atoms with van der Waals surface area (Å²) < 4.78 is 12.4. The quantitative estimate of drug-likeness (QED) is 0.0296. The molecule has 9 rings (SSSR count). The second kappa shape index (κ2) is 32.0. The summed E-state index contributed by atoms with van der Waals surface area (Å²) >= 11 is 3.85. The van der Waals surface area contributed by atoms with Gasteiger partial charge in [0.1, 0.15) is 11.5 Å². The molecule has 1 aliphatic rings. The van der Waals surface area contributed by atoms with E-state index in [-0.39, 0.29) is 5.41 Å². The summed E-state index contributed by atoms with van der Waals surface area (Å²) in [6.45, 7) is 19.6. The Morgan fingerprint density at radius 3 is 1.06 bits per heavy atom. The van der Waals surface area contributed by atoms with Crippen molar-refractivity contribution >= 4 is 22.7 Å². The van der Waals surface area contributed by atoms with Gasteiger partial charge < -0.3 is 9.47 Å². The van der Waals surface area contributed by atoms with Crippen molar-refractivity contribution in [3.05, 3.63) is 192 Å². The lowest BCUT2D eigenvalue weighted by molar-refractivity contribution is 0.279. The van der Waals surface area contributed by atoms with Crippen LogP contribution in [0.4, 0.5) is 0 Å². The highest BCUT2D eigenvalue weighted by molar-refractivity contribution is 7.19. The Balaban J connectivity index is 0.917. The smallest absolute Gasteiger partial charge is 0.119 e. The molecule has 0 aliphatic heterocycles. The number of fused-ring (bicyclic) bond motifs is 3. The molecule has 85 heavy (non-hydrogen) atoms. The molecular formula is C81H98O2S2. The average Bonchev–Trinajstić information content (AvgIpc) is 2.14. The Bertz CT molecular complexity index is 3130. The Kier molecular flexibility index (Phi) is 23.8. The van der Waals surface area contributed by atoms with Gasteiger partial charge in [-0.25, -0.2) is 0 Å². The molecule has 0 unspecified atom stereocenters. The summed E-state index contributed by atoms with van der Waals surface area (Å²) in [6.07, 6.45) is 29.7. The van der Waals surface area contributed by atoms with Crippen LogP contribution < -0.4 is 9.47 Å².